The Morgan fingerprint density at radius 2 is 0.915 bits per heavy atom. The molecule has 0 N–H and O–H groups in total. The number of aryl methyl sites for hydroxylation is 4. The van der Waals surface area contributed by atoms with Gasteiger partial charge in [-0.15, -0.1) is 0 Å². The molecule has 1 aliphatic heterocycles. The van der Waals surface area contributed by atoms with Crippen molar-refractivity contribution < 1.29 is 42.9 Å². The lowest BCUT2D eigenvalue weighted by Gasteiger charge is -2.33. The van der Waals surface area contributed by atoms with Crippen LogP contribution in [-0.2, 0) is 23.7 Å². The van der Waals surface area contributed by atoms with Crippen LogP contribution >= 0.6 is 0 Å². The van der Waals surface area contributed by atoms with Crippen molar-refractivity contribution in [3.05, 3.63) is 142 Å². The van der Waals surface area contributed by atoms with Crippen molar-refractivity contribution in [2.24, 2.45) is 0 Å². The van der Waals surface area contributed by atoms with Gasteiger partial charge in [0.05, 0.1) is 22.3 Å². The molecular formula is C38H36O9. The molecule has 0 aliphatic carbocycles. The molecule has 4 aromatic carbocycles. The second kappa shape index (κ2) is 14.0. The summed E-state index contributed by atoms with van der Waals surface area (Å²) in [5.74, 6) is -2.90. The van der Waals surface area contributed by atoms with Crippen LogP contribution in [0.4, 0.5) is 0 Å². The van der Waals surface area contributed by atoms with E-state index in [4.69, 9.17) is 23.7 Å². The fraction of sp³-hybridized carbons (Fsp3) is 0.263. The Hall–Kier alpha value is -5.28. The fourth-order valence-electron chi connectivity index (χ4n) is 5.05. The topological polar surface area (TPSA) is 114 Å². The van der Waals surface area contributed by atoms with Gasteiger partial charge in [0.25, 0.3) is 0 Å². The summed E-state index contributed by atoms with van der Waals surface area (Å²) in [5, 5.41) is 0. The highest BCUT2D eigenvalue weighted by Gasteiger charge is 2.61. The van der Waals surface area contributed by atoms with Gasteiger partial charge in [-0.05, 0) is 83.1 Å². The lowest BCUT2D eigenvalue weighted by Crippen LogP contribution is -2.53. The van der Waals surface area contributed by atoms with E-state index >= 15 is 0 Å². The highest BCUT2D eigenvalue weighted by atomic mass is 16.8. The van der Waals surface area contributed by atoms with Gasteiger partial charge >= 0.3 is 23.9 Å². The molecule has 0 bridgehead atoms. The summed E-state index contributed by atoms with van der Waals surface area (Å²) in [6, 6.07) is 26.9. The number of carbonyl (C=O) groups excluding carboxylic acids is 4. The second-order valence-electron chi connectivity index (χ2n) is 11.9. The first-order valence-electron chi connectivity index (χ1n) is 15.2. The molecule has 4 atom stereocenters. The van der Waals surface area contributed by atoms with Crippen molar-refractivity contribution in [2.45, 2.75) is 58.7 Å². The minimum atomic E-state index is -1.87. The maximum Gasteiger partial charge on any atom is 0.340 e. The molecule has 5 rings (SSSR count). The lowest BCUT2D eigenvalue weighted by molar-refractivity contribution is -0.175. The van der Waals surface area contributed by atoms with Gasteiger partial charge in [0, 0.05) is 0 Å². The van der Waals surface area contributed by atoms with Gasteiger partial charge in [-0.1, -0.05) is 70.8 Å². The zero-order valence-electron chi connectivity index (χ0n) is 26.9. The predicted octanol–water partition coefficient (Wildman–Crippen LogP) is 6.50. The van der Waals surface area contributed by atoms with Crippen molar-refractivity contribution in [1.82, 2.24) is 0 Å². The van der Waals surface area contributed by atoms with E-state index in [1.54, 1.807) is 97.1 Å². The minimum Gasteiger partial charge on any atom is -0.459 e. The zero-order valence-corrected chi connectivity index (χ0v) is 26.9. The molecule has 1 unspecified atom stereocenters. The highest BCUT2D eigenvalue weighted by Crippen LogP contribution is 2.39. The largest absolute Gasteiger partial charge is 0.459 e. The van der Waals surface area contributed by atoms with Crippen LogP contribution in [0, 0.1) is 27.7 Å². The van der Waals surface area contributed by atoms with Crippen LogP contribution < -0.4 is 0 Å². The molecule has 4 aromatic rings. The molecule has 1 saturated heterocycles. The third-order valence-corrected chi connectivity index (χ3v) is 7.96. The zero-order chi connectivity index (χ0) is 33.7. The first kappa shape index (κ1) is 33.1. The minimum absolute atomic E-state index is 0.221. The van der Waals surface area contributed by atoms with Gasteiger partial charge in [0.2, 0.25) is 11.9 Å². The standard InChI is InChI=1S/C38H36O9/c1-23-6-14-27(15-7-23)33(39)43-22-31-32(45-34(40)28-16-8-24(2)9-17-28)38(5,47-36(42)30-20-12-26(4)13-21-30)37(44-31)46-35(41)29-18-10-25(3)11-19-29/h6-21,31-32,37H,22H2,1-5H3/t31-,32-,37?,38-/m1/s1. The fourth-order valence-corrected chi connectivity index (χ4v) is 5.05. The van der Waals surface area contributed by atoms with E-state index in [2.05, 4.69) is 0 Å². The number of rotatable bonds is 9. The van der Waals surface area contributed by atoms with Crippen LogP contribution in [0.25, 0.3) is 0 Å². The van der Waals surface area contributed by atoms with Gasteiger partial charge in [-0.2, -0.15) is 0 Å². The molecule has 0 amide bonds. The van der Waals surface area contributed by atoms with E-state index in [1.165, 1.54) is 6.92 Å². The third kappa shape index (κ3) is 7.76. The SMILES string of the molecule is Cc1ccc(C(=O)OC[C@H]2OC(OC(=O)c3ccc(C)cc3)[C@](C)(OC(=O)c3ccc(C)cc3)[C@@H]2OC(=O)c2ccc(C)cc2)cc1. The monoisotopic (exact) mass is 636 g/mol. The van der Waals surface area contributed by atoms with E-state index in [0.29, 0.717) is 5.56 Å². The van der Waals surface area contributed by atoms with Crippen LogP contribution in [0.3, 0.4) is 0 Å². The van der Waals surface area contributed by atoms with Crippen molar-refractivity contribution in [3.63, 3.8) is 0 Å². The van der Waals surface area contributed by atoms with Gasteiger partial charge in [-0.25, -0.2) is 19.2 Å². The maximum atomic E-state index is 13.5. The molecule has 1 aliphatic rings. The molecular weight excluding hydrogens is 600 g/mol. The lowest BCUT2D eigenvalue weighted by atomic mass is 9.96. The first-order valence-corrected chi connectivity index (χ1v) is 15.2. The second-order valence-corrected chi connectivity index (χ2v) is 11.9. The molecule has 0 radical (unpaired) electrons. The van der Waals surface area contributed by atoms with Crippen LogP contribution in [-0.4, -0.2) is 54.6 Å². The van der Waals surface area contributed by atoms with Gasteiger partial charge in [0.1, 0.15) is 12.7 Å². The summed E-state index contributed by atoms with van der Waals surface area (Å²) in [6.45, 7) is 8.59. The number of esters is 4. The van der Waals surface area contributed by atoms with Crippen LogP contribution in [0.15, 0.2) is 97.1 Å². The van der Waals surface area contributed by atoms with Crippen molar-refractivity contribution >= 4 is 23.9 Å². The highest BCUT2D eigenvalue weighted by molar-refractivity contribution is 5.92. The van der Waals surface area contributed by atoms with E-state index in [0.717, 1.165) is 22.3 Å². The Balaban J connectivity index is 1.49. The normalized spacial score (nSPS) is 20.2. The van der Waals surface area contributed by atoms with Crippen molar-refractivity contribution in [1.29, 1.82) is 0 Å². The Morgan fingerprint density at radius 1 is 0.553 bits per heavy atom. The number of hydrogen-bond donors (Lipinski definition) is 0. The summed E-state index contributed by atoms with van der Waals surface area (Å²) in [6.07, 6.45) is -4.11. The first-order chi connectivity index (χ1) is 22.4. The molecule has 0 saturated carbocycles. The van der Waals surface area contributed by atoms with E-state index in [9.17, 15) is 19.2 Å². The third-order valence-electron chi connectivity index (χ3n) is 7.96. The van der Waals surface area contributed by atoms with Gasteiger partial charge in [-0.3, -0.25) is 0 Å². The number of ether oxygens (including phenoxy) is 5. The Morgan fingerprint density at radius 3 is 1.34 bits per heavy atom. The Bertz CT molecular complexity index is 1740. The summed E-state index contributed by atoms with van der Waals surface area (Å²) in [4.78, 5) is 53.3. The summed E-state index contributed by atoms with van der Waals surface area (Å²) >= 11 is 0. The van der Waals surface area contributed by atoms with E-state index in [-0.39, 0.29) is 16.7 Å². The molecule has 9 heteroatoms. The Kier molecular flexibility index (Phi) is 9.86. The number of carbonyl (C=O) groups is 4. The average Bonchev–Trinajstić information content (AvgIpc) is 3.30. The summed E-state index contributed by atoms with van der Waals surface area (Å²) in [5.41, 5.74) is 2.89. The smallest absolute Gasteiger partial charge is 0.340 e. The van der Waals surface area contributed by atoms with E-state index < -0.39 is 54.6 Å². The van der Waals surface area contributed by atoms with Crippen LogP contribution in [0.1, 0.15) is 70.6 Å². The molecule has 1 heterocycles. The van der Waals surface area contributed by atoms with E-state index in [1.807, 2.05) is 27.7 Å². The van der Waals surface area contributed by atoms with Gasteiger partial charge < -0.3 is 23.7 Å². The van der Waals surface area contributed by atoms with Crippen molar-refractivity contribution in [3.8, 4) is 0 Å². The Labute approximate surface area is 273 Å². The quantitative estimate of drug-likeness (QED) is 0.150. The van der Waals surface area contributed by atoms with Crippen molar-refractivity contribution in [2.75, 3.05) is 6.61 Å². The molecule has 242 valence electrons. The number of hydrogen-bond acceptors (Lipinski definition) is 9. The molecule has 1 fully saturated rings. The molecule has 0 spiro atoms. The summed E-state index contributed by atoms with van der Waals surface area (Å²) in [7, 11) is 0. The summed E-state index contributed by atoms with van der Waals surface area (Å²) < 4.78 is 29.6. The van der Waals surface area contributed by atoms with Crippen LogP contribution in [0.2, 0.25) is 0 Å². The average molecular weight is 637 g/mol. The maximum absolute atomic E-state index is 13.5. The number of benzene rings is 4. The molecule has 9 nitrogen and oxygen atoms in total. The molecule has 0 aromatic heterocycles. The predicted molar refractivity (Wildman–Crippen MR) is 172 cm³/mol. The van der Waals surface area contributed by atoms with Crippen LogP contribution in [0.5, 0.6) is 0 Å². The van der Waals surface area contributed by atoms with Gasteiger partial charge in [0.15, 0.2) is 6.10 Å². The molecule has 47 heavy (non-hydrogen) atoms.